The standard InChI is InChI=1S/C30H31N5/c1-22(2)27-20-29(31-34(27)25-16-10-6-11-17-25)33(24-14-8-5-9-15-24)30-21-28(23(3)4)35(32-30)26-18-12-7-13-19-26/h5-23H,1-4H3. The van der Waals surface area contributed by atoms with Gasteiger partial charge in [-0.15, -0.1) is 10.2 Å². The number of benzene rings is 3. The van der Waals surface area contributed by atoms with Crippen LogP contribution in [0.4, 0.5) is 17.3 Å². The molecule has 0 amide bonds. The normalized spacial score (nSPS) is 11.4. The van der Waals surface area contributed by atoms with Gasteiger partial charge in [-0.25, -0.2) is 9.36 Å². The minimum absolute atomic E-state index is 0.308. The highest BCUT2D eigenvalue weighted by molar-refractivity contribution is 5.73. The van der Waals surface area contributed by atoms with E-state index in [1.807, 2.05) is 51.8 Å². The van der Waals surface area contributed by atoms with Gasteiger partial charge in [0.05, 0.1) is 11.4 Å². The van der Waals surface area contributed by atoms with Crippen molar-refractivity contribution in [1.29, 1.82) is 0 Å². The maximum Gasteiger partial charge on any atom is 0.161 e. The molecule has 0 saturated carbocycles. The number of nitrogens with zero attached hydrogens (tertiary/aromatic N) is 5. The average molecular weight is 462 g/mol. The first-order valence-electron chi connectivity index (χ1n) is 12.2. The van der Waals surface area contributed by atoms with Crippen molar-refractivity contribution in [3.05, 3.63) is 115 Å². The van der Waals surface area contributed by atoms with Crippen LogP contribution in [0.1, 0.15) is 50.9 Å². The van der Waals surface area contributed by atoms with Crippen LogP contribution in [0.25, 0.3) is 11.4 Å². The predicted octanol–water partition coefficient (Wildman–Crippen LogP) is 7.77. The Labute approximate surface area is 207 Å². The maximum atomic E-state index is 5.10. The second kappa shape index (κ2) is 9.63. The van der Waals surface area contributed by atoms with Crippen LogP contribution in [-0.2, 0) is 0 Å². The molecular weight excluding hydrogens is 430 g/mol. The van der Waals surface area contributed by atoms with Gasteiger partial charge >= 0.3 is 0 Å². The van der Waals surface area contributed by atoms with Gasteiger partial charge in [-0.3, -0.25) is 4.90 Å². The zero-order valence-corrected chi connectivity index (χ0v) is 20.7. The van der Waals surface area contributed by atoms with Gasteiger partial charge in [0, 0.05) is 29.2 Å². The maximum absolute atomic E-state index is 5.10. The number of anilines is 3. The summed E-state index contributed by atoms with van der Waals surface area (Å²) >= 11 is 0. The van der Waals surface area contributed by atoms with Gasteiger partial charge < -0.3 is 0 Å². The molecule has 35 heavy (non-hydrogen) atoms. The van der Waals surface area contributed by atoms with Crippen molar-refractivity contribution in [2.24, 2.45) is 0 Å². The van der Waals surface area contributed by atoms with Gasteiger partial charge in [0.2, 0.25) is 0 Å². The number of aromatic nitrogens is 4. The third-order valence-corrected chi connectivity index (χ3v) is 6.11. The number of para-hydroxylation sites is 3. The molecule has 0 aliphatic carbocycles. The summed E-state index contributed by atoms with van der Waals surface area (Å²) in [5.41, 5.74) is 5.42. The Balaban J connectivity index is 1.70. The minimum Gasteiger partial charge on any atom is -0.276 e. The fourth-order valence-corrected chi connectivity index (χ4v) is 4.32. The van der Waals surface area contributed by atoms with E-state index in [9.17, 15) is 0 Å². The summed E-state index contributed by atoms with van der Waals surface area (Å²) in [7, 11) is 0. The van der Waals surface area contributed by atoms with Crippen molar-refractivity contribution in [2.45, 2.75) is 39.5 Å². The molecule has 0 unspecified atom stereocenters. The van der Waals surface area contributed by atoms with Crippen molar-refractivity contribution in [1.82, 2.24) is 19.6 Å². The molecule has 0 spiro atoms. The van der Waals surface area contributed by atoms with Gasteiger partial charge in [-0.2, -0.15) is 0 Å². The van der Waals surface area contributed by atoms with Gasteiger partial charge in [0.15, 0.2) is 11.6 Å². The Bertz CT molecular complexity index is 1290. The fourth-order valence-electron chi connectivity index (χ4n) is 4.32. The number of hydrogen-bond donors (Lipinski definition) is 0. The summed E-state index contributed by atoms with van der Waals surface area (Å²) in [4.78, 5) is 2.15. The van der Waals surface area contributed by atoms with Crippen LogP contribution in [0, 0.1) is 0 Å². The van der Waals surface area contributed by atoms with Crippen LogP contribution in [0.15, 0.2) is 103 Å². The first kappa shape index (κ1) is 22.7. The van der Waals surface area contributed by atoms with Crippen molar-refractivity contribution >= 4 is 17.3 Å². The Hall–Kier alpha value is -4.12. The molecule has 2 aromatic heterocycles. The van der Waals surface area contributed by atoms with Crippen LogP contribution in [0.3, 0.4) is 0 Å². The fraction of sp³-hybridized carbons (Fsp3) is 0.200. The molecule has 176 valence electrons. The molecule has 3 aromatic carbocycles. The van der Waals surface area contributed by atoms with Gasteiger partial charge in [0.1, 0.15) is 0 Å². The van der Waals surface area contributed by atoms with Crippen LogP contribution in [-0.4, -0.2) is 19.6 Å². The highest BCUT2D eigenvalue weighted by atomic mass is 15.4. The van der Waals surface area contributed by atoms with Crippen molar-refractivity contribution in [2.75, 3.05) is 4.90 Å². The average Bonchev–Trinajstić information content (AvgIpc) is 3.52. The summed E-state index contributed by atoms with van der Waals surface area (Å²) in [5, 5.41) is 10.2. The first-order chi connectivity index (χ1) is 17.0. The zero-order chi connectivity index (χ0) is 24.4. The van der Waals surface area contributed by atoms with Crippen molar-refractivity contribution in [3.63, 3.8) is 0 Å². The van der Waals surface area contributed by atoms with Crippen LogP contribution in [0.2, 0.25) is 0 Å². The lowest BCUT2D eigenvalue weighted by atomic mass is 10.1. The number of rotatable bonds is 7. The Morgan fingerprint density at radius 2 is 0.914 bits per heavy atom. The van der Waals surface area contributed by atoms with E-state index in [-0.39, 0.29) is 0 Å². The Morgan fingerprint density at radius 3 is 1.29 bits per heavy atom. The molecular formula is C30H31N5. The summed E-state index contributed by atoms with van der Waals surface area (Å²) in [5.74, 6) is 2.30. The third kappa shape index (κ3) is 4.50. The molecule has 2 heterocycles. The van der Waals surface area contributed by atoms with Crippen LogP contribution >= 0.6 is 0 Å². The molecule has 0 aliphatic rings. The van der Waals surface area contributed by atoms with E-state index in [1.54, 1.807) is 0 Å². The van der Waals surface area contributed by atoms with Gasteiger partial charge in [0.25, 0.3) is 0 Å². The lowest BCUT2D eigenvalue weighted by Crippen LogP contribution is -2.12. The topological polar surface area (TPSA) is 38.9 Å². The van der Waals surface area contributed by atoms with E-state index in [1.165, 1.54) is 0 Å². The lowest BCUT2D eigenvalue weighted by Gasteiger charge is -2.19. The quantitative estimate of drug-likeness (QED) is 0.248. The molecule has 5 heteroatoms. The Morgan fingerprint density at radius 1 is 0.543 bits per heavy atom. The number of hydrogen-bond acceptors (Lipinski definition) is 3. The molecule has 0 bridgehead atoms. The second-order valence-electron chi connectivity index (χ2n) is 9.33. The smallest absolute Gasteiger partial charge is 0.161 e. The SMILES string of the molecule is CC(C)c1cc(N(c2ccccc2)c2cc(C(C)C)n(-c3ccccc3)n2)nn1-c1ccccc1. The third-order valence-electron chi connectivity index (χ3n) is 6.11. The zero-order valence-electron chi connectivity index (χ0n) is 20.7. The van der Waals surface area contributed by atoms with E-state index in [0.29, 0.717) is 11.8 Å². The van der Waals surface area contributed by atoms with E-state index >= 15 is 0 Å². The molecule has 0 saturated heterocycles. The van der Waals surface area contributed by atoms with Gasteiger partial charge in [-0.05, 0) is 48.2 Å². The molecule has 0 aliphatic heterocycles. The van der Waals surface area contributed by atoms with E-state index in [0.717, 1.165) is 40.1 Å². The van der Waals surface area contributed by atoms with Crippen LogP contribution < -0.4 is 4.90 Å². The predicted molar refractivity (Wildman–Crippen MR) is 144 cm³/mol. The summed E-state index contributed by atoms with van der Waals surface area (Å²) in [6.45, 7) is 8.81. The molecule has 0 radical (unpaired) electrons. The largest absolute Gasteiger partial charge is 0.276 e. The molecule has 5 nitrogen and oxygen atoms in total. The van der Waals surface area contributed by atoms with E-state index in [2.05, 4.69) is 93.3 Å². The summed E-state index contributed by atoms with van der Waals surface area (Å²) in [6.07, 6.45) is 0. The minimum atomic E-state index is 0.308. The molecule has 5 rings (SSSR count). The summed E-state index contributed by atoms with van der Waals surface area (Å²) in [6, 6.07) is 35.3. The van der Waals surface area contributed by atoms with Crippen molar-refractivity contribution < 1.29 is 0 Å². The summed E-state index contributed by atoms with van der Waals surface area (Å²) < 4.78 is 4.10. The van der Waals surface area contributed by atoms with Crippen LogP contribution in [0.5, 0.6) is 0 Å². The first-order valence-corrected chi connectivity index (χ1v) is 12.2. The highest BCUT2D eigenvalue weighted by Gasteiger charge is 2.24. The lowest BCUT2D eigenvalue weighted by molar-refractivity contribution is 0.731. The molecule has 0 fully saturated rings. The Kier molecular flexibility index (Phi) is 6.23. The molecule has 5 aromatic rings. The van der Waals surface area contributed by atoms with E-state index < -0.39 is 0 Å². The van der Waals surface area contributed by atoms with Crippen molar-refractivity contribution in [3.8, 4) is 11.4 Å². The monoisotopic (exact) mass is 461 g/mol. The highest BCUT2D eigenvalue weighted by Crippen LogP contribution is 2.37. The molecule has 0 atom stereocenters. The van der Waals surface area contributed by atoms with Gasteiger partial charge in [-0.1, -0.05) is 82.3 Å². The second-order valence-corrected chi connectivity index (χ2v) is 9.33. The van der Waals surface area contributed by atoms with E-state index in [4.69, 9.17) is 10.2 Å². The molecule has 0 N–H and O–H groups in total.